The van der Waals surface area contributed by atoms with Gasteiger partial charge in [0, 0.05) is 17.6 Å². The zero-order chi connectivity index (χ0) is 16.8. The van der Waals surface area contributed by atoms with Crippen LogP contribution in [0.2, 0.25) is 0 Å². The number of rotatable bonds is 3. The molecule has 0 aliphatic carbocycles. The molecular weight excluding hydrogens is 296 g/mol. The molecule has 0 saturated heterocycles. The van der Waals surface area contributed by atoms with Gasteiger partial charge in [-0.05, 0) is 37.8 Å². The number of fused-ring (bicyclic) bond motifs is 5. The van der Waals surface area contributed by atoms with Crippen molar-refractivity contribution >= 4 is 17.2 Å². The summed E-state index contributed by atoms with van der Waals surface area (Å²) in [6.45, 7) is 10.8. The maximum absolute atomic E-state index is 4.63. The lowest BCUT2D eigenvalue weighted by molar-refractivity contribution is 0.344. The Hall–Kier alpha value is -2.36. The number of nitrogens with zero attached hydrogens (tertiary/aromatic N) is 4. The van der Waals surface area contributed by atoms with Crippen LogP contribution in [0.15, 0.2) is 49.4 Å². The molecule has 3 atom stereocenters. The Morgan fingerprint density at radius 1 is 1.25 bits per heavy atom. The highest BCUT2D eigenvalue weighted by atomic mass is 15.5. The monoisotopic (exact) mass is 320 g/mol. The molecule has 2 aliphatic rings. The maximum Gasteiger partial charge on any atom is 0.161 e. The second-order valence-electron chi connectivity index (χ2n) is 7.07. The maximum atomic E-state index is 4.63. The van der Waals surface area contributed by atoms with Gasteiger partial charge >= 0.3 is 0 Å². The normalized spacial score (nSPS) is 24.6. The minimum atomic E-state index is 0.275. The van der Waals surface area contributed by atoms with Crippen molar-refractivity contribution in [3.05, 3.63) is 55.0 Å². The van der Waals surface area contributed by atoms with E-state index in [1.165, 1.54) is 11.3 Å². The molecule has 3 heterocycles. The summed E-state index contributed by atoms with van der Waals surface area (Å²) in [5, 5.41) is 0. The van der Waals surface area contributed by atoms with Gasteiger partial charge < -0.3 is 9.80 Å². The highest BCUT2D eigenvalue weighted by Gasteiger charge is 2.48. The summed E-state index contributed by atoms with van der Waals surface area (Å²) in [6, 6.07) is 9.13. The quantitative estimate of drug-likeness (QED) is 0.781. The van der Waals surface area contributed by atoms with E-state index in [0.29, 0.717) is 17.9 Å². The van der Waals surface area contributed by atoms with E-state index >= 15 is 0 Å². The first-order chi connectivity index (χ1) is 11.6. The Morgan fingerprint density at radius 3 is 2.79 bits per heavy atom. The van der Waals surface area contributed by atoms with E-state index in [0.717, 1.165) is 17.9 Å². The molecule has 1 aromatic carbocycles. The van der Waals surface area contributed by atoms with Gasteiger partial charge in [-0.3, -0.25) is 0 Å². The van der Waals surface area contributed by atoms with Crippen LogP contribution in [0.5, 0.6) is 0 Å². The number of hydrogen-bond donors (Lipinski definition) is 0. The van der Waals surface area contributed by atoms with E-state index in [-0.39, 0.29) is 6.17 Å². The largest absolute Gasteiger partial charge is 0.344 e. The standard InChI is InChI=1S/C20H24N4/c1-5-8-15-14(4)20-23(13(2)3)18-11-21-12-22-19(18)24(20)17-10-7-6-9-16(15)17/h5-7,9-15,20H,1,8H2,2-4H3. The van der Waals surface area contributed by atoms with Gasteiger partial charge in [0.25, 0.3) is 0 Å². The lowest BCUT2D eigenvalue weighted by Crippen LogP contribution is -2.52. The lowest BCUT2D eigenvalue weighted by atomic mass is 9.78. The van der Waals surface area contributed by atoms with Gasteiger partial charge in [-0.2, -0.15) is 0 Å². The van der Waals surface area contributed by atoms with Crippen molar-refractivity contribution in [3.63, 3.8) is 0 Å². The molecule has 0 N–H and O–H groups in total. The topological polar surface area (TPSA) is 32.3 Å². The molecule has 4 nitrogen and oxygen atoms in total. The first-order valence-corrected chi connectivity index (χ1v) is 8.72. The third-order valence-corrected chi connectivity index (χ3v) is 5.41. The summed E-state index contributed by atoms with van der Waals surface area (Å²) < 4.78 is 0. The van der Waals surface area contributed by atoms with Crippen molar-refractivity contribution in [2.45, 2.75) is 45.3 Å². The van der Waals surface area contributed by atoms with Crippen molar-refractivity contribution in [1.82, 2.24) is 9.97 Å². The Labute approximate surface area is 143 Å². The predicted molar refractivity (Wildman–Crippen MR) is 98.7 cm³/mol. The average Bonchev–Trinajstić information content (AvgIpc) is 2.94. The van der Waals surface area contributed by atoms with Crippen LogP contribution in [0.3, 0.4) is 0 Å². The Bertz CT molecular complexity index is 770. The molecule has 124 valence electrons. The molecule has 0 fully saturated rings. The van der Waals surface area contributed by atoms with Crippen LogP contribution < -0.4 is 9.80 Å². The van der Waals surface area contributed by atoms with Crippen LogP contribution in [-0.2, 0) is 0 Å². The second kappa shape index (κ2) is 5.62. The molecule has 4 heteroatoms. The molecule has 4 rings (SSSR count). The van der Waals surface area contributed by atoms with Crippen LogP contribution in [0, 0.1) is 5.92 Å². The van der Waals surface area contributed by atoms with Gasteiger partial charge in [0.15, 0.2) is 5.82 Å². The predicted octanol–water partition coefficient (Wildman–Crippen LogP) is 4.48. The number of aromatic nitrogens is 2. The summed E-state index contributed by atoms with van der Waals surface area (Å²) >= 11 is 0. The summed E-state index contributed by atoms with van der Waals surface area (Å²) in [6.07, 6.45) is 6.93. The summed E-state index contributed by atoms with van der Waals surface area (Å²) in [7, 11) is 0. The molecule has 0 bridgehead atoms. The first-order valence-electron chi connectivity index (χ1n) is 8.72. The van der Waals surface area contributed by atoms with Gasteiger partial charge in [0.1, 0.15) is 18.2 Å². The smallest absolute Gasteiger partial charge is 0.161 e. The Morgan fingerprint density at radius 2 is 2.04 bits per heavy atom. The molecule has 1 aromatic heterocycles. The second-order valence-corrected chi connectivity index (χ2v) is 7.07. The zero-order valence-electron chi connectivity index (χ0n) is 14.6. The molecule has 2 aromatic rings. The molecule has 0 saturated carbocycles. The van der Waals surface area contributed by atoms with Gasteiger partial charge in [0.2, 0.25) is 0 Å². The zero-order valence-corrected chi connectivity index (χ0v) is 14.6. The summed E-state index contributed by atoms with van der Waals surface area (Å²) in [4.78, 5) is 13.8. The van der Waals surface area contributed by atoms with Gasteiger partial charge in [-0.1, -0.05) is 31.2 Å². The van der Waals surface area contributed by atoms with Crippen molar-refractivity contribution in [2.75, 3.05) is 9.80 Å². The van der Waals surface area contributed by atoms with E-state index in [2.05, 4.69) is 77.5 Å². The molecule has 0 radical (unpaired) electrons. The van der Waals surface area contributed by atoms with Crippen molar-refractivity contribution in [2.24, 2.45) is 5.92 Å². The van der Waals surface area contributed by atoms with Gasteiger partial charge in [-0.25, -0.2) is 9.97 Å². The summed E-state index contributed by atoms with van der Waals surface area (Å²) in [5.74, 6) is 1.97. The van der Waals surface area contributed by atoms with Crippen LogP contribution in [-0.4, -0.2) is 22.2 Å². The fraction of sp³-hybridized carbons (Fsp3) is 0.400. The van der Waals surface area contributed by atoms with E-state index < -0.39 is 0 Å². The van der Waals surface area contributed by atoms with Crippen LogP contribution in [0.25, 0.3) is 0 Å². The van der Waals surface area contributed by atoms with Crippen LogP contribution >= 0.6 is 0 Å². The van der Waals surface area contributed by atoms with Crippen LogP contribution in [0.1, 0.15) is 38.7 Å². The highest BCUT2D eigenvalue weighted by molar-refractivity contribution is 5.83. The number of allylic oxidation sites excluding steroid dienone is 1. The van der Waals surface area contributed by atoms with Gasteiger partial charge in [-0.15, -0.1) is 6.58 Å². The molecular formula is C20H24N4. The third-order valence-electron chi connectivity index (χ3n) is 5.41. The van der Waals surface area contributed by atoms with Crippen molar-refractivity contribution < 1.29 is 0 Å². The van der Waals surface area contributed by atoms with E-state index in [4.69, 9.17) is 0 Å². The van der Waals surface area contributed by atoms with E-state index in [1.807, 2.05) is 6.20 Å². The first kappa shape index (κ1) is 15.2. The fourth-order valence-electron chi connectivity index (χ4n) is 4.44. The minimum absolute atomic E-state index is 0.275. The van der Waals surface area contributed by atoms with E-state index in [9.17, 15) is 0 Å². The Kier molecular flexibility index (Phi) is 3.56. The van der Waals surface area contributed by atoms with Crippen molar-refractivity contribution in [3.8, 4) is 0 Å². The molecule has 24 heavy (non-hydrogen) atoms. The number of para-hydroxylation sites is 1. The number of hydrogen-bond acceptors (Lipinski definition) is 4. The SMILES string of the molecule is C=CCC1c2ccccc2N2c3ncncc3N(C(C)C)C2C1C. The fourth-order valence-corrected chi connectivity index (χ4v) is 4.44. The number of benzene rings is 1. The molecule has 3 unspecified atom stereocenters. The Balaban J connectivity index is 1.95. The average molecular weight is 320 g/mol. The highest BCUT2D eigenvalue weighted by Crippen LogP contribution is 2.54. The van der Waals surface area contributed by atoms with Crippen LogP contribution in [0.4, 0.5) is 17.2 Å². The molecule has 2 aliphatic heterocycles. The third kappa shape index (κ3) is 1.98. The molecule has 0 spiro atoms. The minimum Gasteiger partial charge on any atom is -0.344 e. The van der Waals surface area contributed by atoms with Gasteiger partial charge in [0.05, 0.1) is 6.20 Å². The lowest BCUT2D eigenvalue weighted by Gasteiger charge is -2.46. The number of anilines is 3. The molecule has 0 amide bonds. The summed E-state index contributed by atoms with van der Waals surface area (Å²) in [5.41, 5.74) is 3.81. The van der Waals surface area contributed by atoms with Crippen molar-refractivity contribution in [1.29, 1.82) is 0 Å². The van der Waals surface area contributed by atoms with E-state index in [1.54, 1.807) is 6.33 Å².